The molecular weight excluding hydrogens is 323 g/mol. The van der Waals surface area contributed by atoms with Crippen molar-refractivity contribution < 1.29 is 19.1 Å². The van der Waals surface area contributed by atoms with Crippen LogP contribution in [0.15, 0.2) is 36.5 Å². The van der Waals surface area contributed by atoms with Crippen LogP contribution in [0.2, 0.25) is 0 Å². The highest BCUT2D eigenvalue weighted by Crippen LogP contribution is 2.30. The molecule has 1 saturated carbocycles. The minimum Gasteiger partial charge on any atom is -0.387 e. The number of carbonyl (C=O) groups is 2. The predicted octanol–water partition coefficient (Wildman–Crippen LogP) is 2.71. The number of rotatable bonds is 6. The standard InChI is InChI=1S/C19H21FN2O3/c1-12(23)14-9-17(21(2)10-14)19(25)22(16-7-8-16)11-18(24)13-3-5-15(20)6-4-13/h3-6,9-10,16,18,24H,7-8,11H2,1-2H3/t18-/m1/s1. The Labute approximate surface area is 145 Å². The molecule has 5 nitrogen and oxygen atoms in total. The minimum atomic E-state index is -0.891. The lowest BCUT2D eigenvalue weighted by Crippen LogP contribution is -2.37. The van der Waals surface area contributed by atoms with Crippen molar-refractivity contribution in [2.24, 2.45) is 7.05 Å². The summed E-state index contributed by atoms with van der Waals surface area (Å²) in [7, 11) is 1.72. The zero-order valence-corrected chi connectivity index (χ0v) is 14.3. The molecule has 1 N–H and O–H groups in total. The van der Waals surface area contributed by atoms with E-state index in [1.165, 1.54) is 31.2 Å². The van der Waals surface area contributed by atoms with Gasteiger partial charge in [0.25, 0.3) is 5.91 Å². The van der Waals surface area contributed by atoms with Crippen molar-refractivity contribution in [2.75, 3.05) is 6.54 Å². The number of hydrogen-bond donors (Lipinski definition) is 1. The Kier molecular flexibility index (Phi) is 4.72. The number of ketones is 1. The van der Waals surface area contributed by atoms with Crippen LogP contribution in [0.4, 0.5) is 4.39 Å². The van der Waals surface area contributed by atoms with Crippen LogP contribution < -0.4 is 0 Å². The molecule has 6 heteroatoms. The number of nitrogens with zero attached hydrogens (tertiary/aromatic N) is 2. The van der Waals surface area contributed by atoms with Crippen molar-refractivity contribution in [1.82, 2.24) is 9.47 Å². The first kappa shape index (κ1) is 17.4. The number of Topliss-reactive ketones (excluding diaryl/α,β-unsaturated/α-hetero) is 1. The van der Waals surface area contributed by atoms with E-state index in [0.29, 0.717) is 16.8 Å². The SMILES string of the molecule is CC(=O)c1cc(C(=O)N(C[C@@H](O)c2ccc(F)cc2)C2CC2)n(C)c1. The van der Waals surface area contributed by atoms with Gasteiger partial charge in [0.15, 0.2) is 5.78 Å². The molecule has 1 amide bonds. The summed E-state index contributed by atoms with van der Waals surface area (Å²) in [5.41, 5.74) is 1.47. The molecule has 0 saturated heterocycles. The van der Waals surface area contributed by atoms with Crippen LogP contribution in [0, 0.1) is 5.82 Å². The average Bonchev–Trinajstić information content (AvgIpc) is 3.33. The third-order valence-electron chi connectivity index (χ3n) is 4.50. The summed E-state index contributed by atoms with van der Waals surface area (Å²) in [6.45, 7) is 1.59. The van der Waals surface area contributed by atoms with Crippen molar-refractivity contribution in [3.63, 3.8) is 0 Å². The molecule has 1 aliphatic carbocycles. The Balaban J connectivity index is 1.80. The fourth-order valence-electron chi connectivity index (χ4n) is 2.88. The number of amides is 1. The molecule has 1 fully saturated rings. The van der Waals surface area contributed by atoms with Gasteiger partial charge in [0, 0.05) is 24.8 Å². The maximum Gasteiger partial charge on any atom is 0.270 e. The van der Waals surface area contributed by atoms with Crippen LogP contribution in [0.25, 0.3) is 0 Å². The van der Waals surface area contributed by atoms with E-state index >= 15 is 0 Å². The van der Waals surface area contributed by atoms with Gasteiger partial charge in [-0.05, 0) is 43.5 Å². The summed E-state index contributed by atoms with van der Waals surface area (Å²) < 4.78 is 14.7. The lowest BCUT2D eigenvalue weighted by Gasteiger charge is -2.25. The normalized spacial score (nSPS) is 15.0. The summed E-state index contributed by atoms with van der Waals surface area (Å²) in [5, 5.41) is 10.4. The highest BCUT2D eigenvalue weighted by atomic mass is 19.1. The van der Waals surface area contributed by atoms with Gasteiger partial charge in [-0.3, -0.25) is 9.59 Å². The summed E-state index contributed by atoms with van der Waals surface area (Å²) in [6, 6.07) is 7.30. The van der Waals surface area contributed by atoms with Crippen LogP contribution in [-0.4, -0.2) is 38.9 Å². The molecule has 0 bridgehead atoms. The fourth-order valence-corrected chi connectivity index (χ4v) is 2.88. The first-order valence-electron chi connectivity index (χ1n) is 8.28. The van der Waals surface area contributed by atoms with Crippen LogP contribution >= 0.6 is 0 Å². The first-order valence-corrected chi connectivity index (χ1v) is 8.28. The predicted molar refractivity (Wildman–Crippen MR) is 90.8 cm³/mol. The summed E-state index contributed by atoms with van der Waals surface area (Å²) in [6.07, 6.45) is 2.53. The van der Waals surface area contributed by atoms with Gasteiger partial charge in [0.05, 0.1) is 12.6 Å². The molecule has 3 rings (SSSR count). The topological polar surface area (TPSA) is 62.5 Å². The highest BCUT2D eigenvalue weighted by molar-refractivity contribution is 5.99. The van der Waals surface area contributed by atoms with Crippen molar-refractivity contribution in [1.29, 1.82) is 0 Å². The zero-order valence-electron chi connectivity index (χ0n) is 14.3. The van der Waals surface area contributed by atoms with E-state index in [0.717, 1.165) is 12.8 Å². The van der Waals surface area contributed by atoms with E-state index in [4.69, 9.17) is 0 Å². The van der Waals surface area contributed by atoms with Crippen LogP contribution in [-0.2, 0) is 7.05 Å². The molecule has 2 aromatic rings. The smallest absolute Gasteiger partial charge is 0.270 e. The molecular formula is C19H21FN2O3. The van der Waals surface area contributed by atoms with Crippen LogP contribution in [0.3, 0.4) is 0 Å². The van der Waals surface area contributed by atoms with Gasteiger partial charge in [-0.25, -0.2) is 4.39 Å². The van der Waals surface area contributed by atoms with Gasteiger partial charge in [-0.1, -0.05) is 12.1 Å². The largest absolute Gasteiger partial charge is 0.387 e. The third kappa shape index (κ3) is 3.79. The summed E-state index contributed by atoms with van der Waals surface area (Å²) in [5.74, 6) is -0.677. The summed E-state index contributed by atoms with van der Waals surface area (Å²) >= 11 is 0. The van der Waals surface area contributed by atoms with E-state index in [-0.39, 0.29) is 30.1 Å². The van der Waals surface area contributed by atoms with Gasteiger partial charge < -0.3 is 14.6 Å². The number of aliphatic hydroxyl groups excluding tert-OH is 1. The number of halogens is 1. The van der Waals surface area contributed by atoms with E-state index in [9.17, 15) is 19.1 Å². The number of carbonyl (C=O) groups excluding carboxylic acids is 2. The van der Waals surface area contributed by atoms with Gasteiger partial charge in [-0.2, -0.15) is 0 Å². The second-order valence-electron chi connectivity index (χ2n) is 6.54. The van der Waals surface area contributed by atoms with Crippen molar-refractivity contribution in [3.05, 3.63) is 59.2 Å². The number of aliphatic hydroxyl groups is 1. The molecule has 0 radical (unpaired) electrons. The number of aromatic nitrogens is 1. The Morgan fingerprint density at radius 3 is 2.48 bits per heavy atom. The molecule has 0 spiro atoms. The van der Waals surface area contributed by atoms with E-state index in [1.54, 1.807) is 28.8 Å². The van der Waals surface area contributed by atoms with E-state index in [2.05, 4.69) is 0 Å². The van der Waals surface area contributed by atoms with Gasteiger partial charge >= 0.3 is 0 Å². The molecule has 0 unspecified atom stereocenters. The fraction of sp³-hybridized carbons (Fsp3) is 0.368. The molecule has 1 aromatic carbocycles. The van der Waals surface area contributed by atoms with E-state index < -0.39 is 6.10 Å². The van der Waals surface area contributed by atoms with Gasteiger partial charge in [0.2, 0.25) is 0 Å². The molecule has 1 heterocycles. The number of benzene rings is 1. The lowest BCUT2D eigenvalue weighted by molar-refractivity contribution is 0.0594. The Morgan fingerprint density at radius 1 is 1.32 bits per heavy atom. The Hall–Kier alpha value is -2.47. The van der Waals surface area contributed by atoms with Crippen molar-refractivity contribution in [3.8, 4) is 0 Å². The van der Waals surface area contributed by atoms with Gasteiger partial charge in [-0.15, -0.1) is 0 Å². The van der Waals surface area contributed by atoms with Crippen LogP contribution in [0.1, 0.15) is 52.3 Å². The second-order valence-corrected chi connectivity index (χ2v) is 6.54. The minimum absolute atomic E-state index is 0.0956. The monoisotopic (exact) mass is 344 g/mol. The Morgan fingerprint density at radius 2 is 1.96 bits per heavy atom. The third-order valence-corrected chi connectivity index (χ3v) is 4.50. The summed E-state index contributed by atoms with van der Waals surface area (Å²) in [4.78, 5) is 26.1. The van der Waals surface area contributed by atoms with Crippen LogP contribution in [0.5, 0.6) is 0 Å². The number of hydrogen-bond acceptors (Lipinski definition) is 3. The maximum absolute atomic E-state index is 13.0. The molecule has 1 aromatic heterocycles. The maximum atomic E-state index is 13.0. The first-order chi connectivity index (χ1) is 11.9. The zero-order chi connectivity index (χ0) is 18.1. The Bertz CT molecular complexity index is 794. The quantitative estimate of drug-likeness (QED) is 0.820. The molecule has 25 heavy (non-hydrogen) atoms. The van der Waals surface area contributed by atoms with Crippen molar-refractivity contribution >= 4 is 11.7 Å². The average molecular weight is 344 g/mol. The molecule has 1 atom stereocenters. The molecule has 132 valence electrons. The van der Waals surface area contributed by atoms with Gasteiger partial charge in [0.1, 0.15) is 11.5 Å². The van der Waals surface area contributed by atoms with E-state index in [1.807, 2.05) is 0 Å². The molecule has 1 aliphatic rings. The highest BCUT2D eigenvalue weighted by Gasteiger charge is 2.35. The second kappa shape index (κ2) is 6.80. The van der Waals surface area contributed by atoms with Crippen molar-refractivity contribution in [2.45, 2.75) is 31.9 Å². The number of aryl methyl sites for hydroxylation is 1. The molecule has 0 aliphatic heterocycles. The lowest BCUT2D eigenvalue weighted by atomic mass is 10.1.